The Kier molecular flexibility index (Phi) is 5.55. The molecule has 0 saturated heterocycles. The molecule has 8 heteroatoms. The molecule has 2 atom stereocenters. The lowest BCUT2D eigenvalue weighted by molar-refractivity contribution is 0.00926. The summed E-state index contributed by atoms with van der Waals surface area (Å²) in [4.78, 5) is 8.82. The Bertz CT molecular complexity index is 1070. The van der Waals surface area contributed by atoms with Crippen molar-refractivity contribution in [2.45, 2.75) is 51.7 Å². The van der Waals surface area contributed by atoms with Crippen LogP contribution in [0.1, 0.15) is 44.4 Å². The van der Waals surface area contributed by atoms with E-state index in [2.05, 4.69) is 56.8 Å². The number of anilines is 2. The zero-order valence-corrected chi connectivity index (χ0v) is 17.3. The van der Waals surface area contributed by atoms with E-state index in [1.165, 1.54) is 0 Å². The first-order valence-corrected chi connectivity index (χ1v) is 10.3. The molecule has 0 unspecified atom stereocenters. The van der Waals surface area contributed by atoms with Gasteiger partial charge in [-0.15, -0.1) is 0 Å². The van der Waals surface area contributed by atoms with Gasteiger partial charge in [0, 0.05) is 30.1 Å². The van der Waals surface area contributed by atoms with Crippen molar-refractivity contribution in [2.24, 2.45) is 5.41 Å². The second-order valence-electron chi connectivity index (χ2n) is 8.59. The van der Waals surface area contributed by atoms with Gasteiger partial charge in [0.15, 0.2) is 0 Å². The molecule has 1 aliphatic carbocycles. The summed E-state index contributed by atoms with van der Waals surface area (Å²) < 4.78 is 0. The number of H-pyrrole nitrogens is 1. The largest absolute Gasteiger partial charge is 0.393 e. The van der Waals surface area contributed by atoms with Gasteiger partial charge in [0.1, 0.15) is 17.5 Å². The number of rotatable bonds is 6. The summed E-state index contributed by atoms with van der Waals surface area (Å²) in [5.74, 6) is 1.02. The zero-order valence-electron chi connectivity index (χ0n) is 17.3. The highest BCUT2D eigenvalue weighted by Crippen LogP contribution is 2.36. The van der Waals surface area contributed by atoms with Crippen LogP contribution in [0, 0.1) is 16.7 Å². The van der Waals surface area contributed by atoms with Gasteiger partial charge < -0.3 is 15.7 Å². The van der Waals surface area contributed by atoms with Crippen LogP contribution < -0.4 is 10.6 Å². The molecule has 1 fully saturated rings. The van der Waals surface area contributed by atoms with Crippen molar-refractivity contribution in [1.82, 2.24) is 20.2 Å². The van der Waals surface area contributed by atoms with E-state index in [0.717, 1.165) is 42.3 Å². The number of hydrogen-bond donors (Lipinski definition) is 4. The van der Waals surface area contributed by atoms with Gasteiger partial charge in [0.05, 0.1) is 17.8 Å². The molecule has 4 rings (SSSR count). The number of para-hydroxylation sites is 1. The Hall–Kier alpha value is -3.18. The van der Waals surface area contributed by atoms with Crippen LogP contribution in [0.15, 0.2) is 30.5 Å². The topological polar surface area (TPSA) is 123 Å². The normalized spacial score (nSPS) is 20.6. The fourth-order valence-corrected chi connectivity index (χ4v) is 4.10. The average Bonchev–Trinajstić information content (AvgIpc) is 3.14. The molecule has 4 N–H and O–H groups in total. The average molecular weight is 406 g/mol. The molecule has 156 valence electrons. The lowest BCUT2D eigenvalue weighted by Gasteiger charge is -2.40. The van der Waals surface area contributed by atoms with Crippen molar-refractivity contribution < 1.29 is 5.11 Å². The van der Waals surface area contributed by atoms with Crippen molar-refractivity contribution in [3.8, 4) is 6.07 Å². The highest BCUT2D eigenvalue weighted by Gasteiger charge is 2.35. The summed E-state index contributed by atoms with van der Waals surface area (Å²) in [5.41, 5.74) is 2.27. The number of aromatic nitrogens is 4. The quantitative estimate of drug-likeness (QED) is 0.496. The van der Waals surface area contributed by atoms with E-state index in [4.69, 9.17) is 0 Å². The lowest BCUT2D eigenvalue weighted by Crippen LogP contribution is -2.41. The van der Waals surface area contributed by atoms with Crippen molar-refractivity contribution >= 4 is 22.7 Å². The summed E-state index contributed by atoms with van der Waals surface area (Å²) in [7, 11) is 0. The lowest BCUT2D eigenvalue weighted by atomic mass is 9.73. The Morgan fingerprint density at radius 3 is 2.93 bits per heavy atom. The second-order valence-corrected chi connectivity index (χ2v) is 8.59. The SMILES string of the molecule is CC1(C)C[C@H](Nc2nc(NCCc3[nH]nc4ccccc34)ncc2C#N)CC[C@@H]1O. The zero-order chi connectivity index (χ0) is 21.1. The first-order valence-electron chi connectivity index (χ1n) is 10.3. The number of benzene rings is 1. The van der Waals surface area contributed by atoms with Crippen LogP contribution in [-0.2, 0) is 6.42 Å². The van der Waals surface area contributed by atoms with E-state index in [0.29, 0.717) is 23.9 Å². The van der Waals surface area contributed by atoms with Gasteiger partial charge in [0.2, 0.25) is 5.95 Å². The maximum Gasteiger partial charge on any atom is 0.224 e. The number of hydrogen-bond acceptors (Lipinski definition) is 7. The van der Waals surface area contributed by atoms with E-state index in [9.17, 15) is 10.4 Å². The highest BCUT2D eigenvalue weighted by atomic mass is 16.3. The number of fused-ring (bicyclic) bond motifs is 1. The van der Waals surface area contributed by atoms with Crippen LogP contribution in [0.4, 0.5) is 11.8 Å². The fraction of sp³-hybridized carbons (Fsp3) is 0.455. The van der Waals surface area contributed by atoms with Gasteiger partial charge >= 0.3 is 0 Å². The number of nitriles is 1. The molecular formula is C22H27N7O. The second kappa shape index (κ2) is 8.28. The molecule has 0 aliphatic heterocycles. The predicted molar refractivity (Wildman–Crippen MR) is 116 cm³/mol. The maximum absolute atomic E-state index is 10.2. The molecule has 30 heavy (non-hydrogen) atoms. The van der Waals surface area contributed by atoms with Gasteiger partial charge in [-0.05, 0) is 30.7 Å². The third-order valence-corrected chi connectivity index (χ3v) is 5.91. The highest BCUT2D eigenvalue weighted by molar-refractivity contribution is 5.81. The molecule has 2 heterocycles. The van der Waals surface area contributed by atoms with Crippen molar-refractivity contribution in [1.29, 1.82) is 5.26 Å². The molecule has 0 spiro atoms. The molecule has 1 aliphatic rings. The predicted octanol–water partition coefficient (Wildman–Crippen LogP) is 3.23. The van der Waals surface area contributed by atoms with E-state index in [-0.39, 0.29) is 17.6 Å². The molecule has 3 aromatic rings. The van der Waals surface area contributed by atoms with Gasteiger partial charge in [-0.3, -0.25) is 5.10 Å². The third-order valence-electron chi connectivity index (χ3n) is 5.91. The Morgan fingerprint density at radius 1 is 1.30 bits per heavy atom. The fourth-order valence-electron chi connectivity index (χ4n) is 4.10. The summed E-state index contributed by atoms with van der Waals surface area (Å²) >= 11 is 0. The summed E-state index contributed by atoms with van der Waals surface area (Å²) in [5, 5.41) is 34.8. The summed E-state index contributed by atoms with van der Waals surface area (Å²) in [6.45, 7) is 4.78. The molecule has 2 aromatic heterocycles. The number of nitrogens with one attached hydrogen (secondary N) is 3. The maximum atomic E-state index is 10.2. The van der Waals surface area contributed by atoms with E-state index < -0.39 is 0 Å². The molecule has 0 amide bonds. The Labute approximate surface area is 175 Å². The van der Waals surface area contributed by atoms with Crippen LogP contribution in [0.5, 0.6) is 0 Å². The Morgan fingerprint density at radius 2 is 2.13 bits per heavy atom. The van der Waals surface area contributed by atoms with Crippen molar-refractivity contribution in [3.05, 3.63) is 41.7 Å². The minimum Gasteiger partial charge on any atom is -0.393 e. The molecule has 0 bridgehead atoms. The van der Waals surface area contributed by atoms with Gasteiger partial charge in [-0.1, -0.05) is 32.0 Å². The smallest absolute Gasteiger partial charge is 0.224 e. The molecular weight excluding hydrogens is 378 g/mol. The summed E-state index contributed by atoms with van der Waals surface area (Å²) in [6.07, 6.45) is 4.40. The van der Waals surface area contributed by atoms with Crippen molar-refractivity contribution in [3.63, 3.8) is 0 Å². The minimum atomic E-state index is -0.299. The minimum absolute atomic E-state index is 0.162. The molecule has 1 saturated carbocycles. The summed E-state index contributed by atoms with van der Waals surface area (Å²) in [6, 6.07) is 10.3. The Balaban J connectivity index is 1.42. The van der Waals surface area contributed by atoms with Crippen LogP contribution >= 0.6 is 0 Å². The van der Waals surface area contributed by atoms with Crippen LogP contribution in [0.25, 0.3) is 10.9 Å². The third kappa shape index (κ3) is 4.21. The van der Waals surface area contributed by atoms with Gasteiger partial charge in [0.25, 0.3) is 0 Å². The number of nitrogens with zero attached hydrogens (tertiary/aromatic N) is 4. The number of aliphatic hydroxyl groups excluding tert-OH is 1. The van der Waals surface area contributed by atoms with Crippen LogP contribution in [0.3, 0.4) is 0 Å². The first kappa shape index (κ1) is 20.1. The standard InChI is InChI=1S/C22H27N7O/c1-22(2)11-15(7-8-19(22)30)26-20-14(12-23)13-25-21(27-20)24-10-9-18-16-5-3-4-6-17(16)28-29-18/h3-6,13,15,19,30H,7-11H2,1-2H3,(H,28,29)(H2,24,25,26,27)/t15-,19+/m1/s1. The van der Waals surface area contributed by atoms with E-state index in [1.807, 2.05) is 18.2 Å². The van der Waals surface area contributed by atoms with Crippen LogP contribution in [-0.4, -0.2) is 44.0 Å². The first-order chi connectivity index (χ1) is 14.5. The van der Waals surface area contributed by atoms with Gasteiger partial charge in [-0.25, -0.2) is 4.98 Å². The van der Waals surface area contributed by atoms with Crippen LogP contribution in [0.2, 0.25) is 0 Å². The van der Waals surface area contributed by atoms with E-state index in [1.54, 1.807) is 6.20 Å². The molecule has 1 aromatic carbocycles. The number of aromatic amines is 1. The molecule has 0 radical (unpaired) electrons. The van der Waals surface area contributed by atoms with E-state index >= 15 is 0 Å². The molecule has 8 nitrogen and oxygen atoms in total. The monoisotopic (exact) mass is 405 g/mol. The van der Waals surface area contributed by atoms with Crippen molar-refractivity contribution in [2.75, 3.05) is 17.2 Å². The number of aliphatic hydroxyl groups is 1. The van der Waals surface area contributed by atoms with Gasteiger partial charge in [-0.2, -0.15) is 15.3 Å².